The highest BCUT2D eigenvalue weighted by Crippen LogP contribution is 2.29. The minimum absolute atomic E-state index is 0.0317. The van der Waals surface area contributed by atoms with Gasteiger partial charge in [0.2, 0.25) is 11.8 Å². The predicted molar refractivity (Wildman–Crippen MR) is 175 cm³/mol. The molecular weight excluding hydrogens is 708 g/mol. The highest BCUT2D eigenvalue weighted by atomic mass is 127. The second kappa shape index (κ2) is 14.4. The Hall–Kier alpha value is -3.12. The normalized spacial score (nSPS) is 11.9. The van der Waals surface area contributed by atoms with Gasteiger partial charge in [-0.2, -0.15) is 0 Å². The van der Waals surface area contributed by atoms with E-state index in [1.165, 1.54) is 24.1 Å². The van der Waals surface area contributed by atoms with Crippen LogP contribution >= 0.6 is 45.8 Å². The molecule has 0 aliphatic rings. The summed E-state index contributed by atoms with van der Waals surface area (Å²) in [6, 6.07) is 28.0. The van der Waals surface area contributed by atoms with Gasteiger partial charge in [-0.05, 0) is 76.7 Å². The monoisotopic (exact) mass is 735 g/mol. The molecule has 0 heterocycles. The van der Waals surface area contributed by atoms with E-state index in [-0.39, 0.29) is 17.9 Å². The molecule has 0 bridgehead atoms. The molecule has 2 amide bonds. The fourth-order valence-electron chi connectivity index (χ4n) is 4.43. The van der Waals surface area contributed by atoms with Gasteiger partial charge in [-0.25, -0.2) is 8.42 Å². The third-order valence-electron chi connectivity index (χ3n) is 6.63. The number of anilines is 1. The van der Waals surface area contributed by atoms with Crippen molar-refractivity contribution in [3.8, 4) is 0 Å². The molecule has 1 N–H and O–H groups in total. The fraction of sp³-hybridized carbons (Fsp3) is 0.161. The van der Waals surface area contributed by atoms with Crippen molar-refractivity contribution in [2.24, 2.45) is 0 Å². The number of carbonyl (C=O) groups is 2. The molecule has 0 saturated carbocycles. The summed E-state index contributed by atoms with van der Waals surface area (Å²) in [5, 5.41) is 3.29. The van der Waals surface area contributed by atoms with Crippen LogP contribution < -0.4 is 9.62 Å². The minimum Gasteiger partial charge on any atom is -0.357 e. The lowest BCUT2D eigenvalue weighted by atomic mass is 10.0. The van der Waals surface area contributed by atoms with Crippen molar-refractivity contribution in [3.63, 3.8) is 0 Å². The molecule has 4 aromatic rings. The number of hydrogen-bond donors (Lipinski definition) is 1. The molecule has 0 saturated heterocycles. The van der Waals surface area contributed by atoms with Crippen molar-refractivity contribution in [1.29, 1.82) is 0 Å². The topological polar surface area (TPSA) is 86.8 Å². The fourth-order valence-corrected chi connectivity index (χ4v) is 6.74. The Morgan fingerprint density at radius 2 is 1.40 bits per heavy atom. The highest BCUT2D eigenvalue weighted by molar-refractivity contribution is 14.1. The largest absolute Gasteiger partial charge is 0.357 e. The number of nitrogens with one attached hydrogen (secondary N) is 1. The summed E-state index contributed by atoms with van der Waals surface area (Å²) < 4.78 is 29.8. The van der Waals surface area contributed by atoms with Crippen LogP contribution in [-0.2, 0) is 32.6 Å². The van der Waals surface area contributed by atoms with Crippen molar-refractivity contribution in [2.75, 3.05) is 17.9 Å². The molecular formula is C31H28Cl2IN3O4S. The summed E-state index contributed by atoms with van der Waals surface area (Å²) in [7, 11) is -2.68. The number of amides is 2. The van der Waals surface area contributed by atoms with E-state index in [0.29, 0.717) is 21.3 Å². The summed E-state index contributed by atoms with van der Waals surface area (Å²) in [5.41, 5.74) is 1.58. The summed E-state index contributed by atoms with van der Waals surface area (Å²) in [6.45, 7) is -0.684. The Labute approximate surface area is 269 Å². The van der Waals surface area contributed by atoms with Crippen LogP contribution in [-0.4, -0.2) is 44.8 Å². The molecule has 4 aromatic carbocycles. The van der Waals surface area contributed by atoms with Crippen molar-refractivity contribution in [3.05, 3.63) is 128 Å². The first-order chi connectivity index (χ1) is 20.1. The maximum absolute atomic E-state index is 14.3. The first-order valence-electron chi connectivity index (χ1n) is 12.9. The highest BCUT2D eigenvalue weighted by Gasteiger charge is 2.34. The van der Waals surface area contributed by atoms with Crippen LogP contribution in [0.1, 0.15) is 11.1 Å². The van der Waals surface area contributed by atoms with E-state index in [1.54, 1.807) is 60.7 Å². The summed E-state index contributed by atoms with van der Waals surface area (Å²) in [6.07, 6.45) is 0.184. The van der Waals surface area contributed by atoms with E-state index in [1.807, 2.05) is 30.3 Å². The standard InChI is InChI=1S/C31H28Cl2IN3O4S/c1-35-31(39)29(19-22-9-4-2-5-10-22)36(20-26-27(32)13-8-14-28(26)33)30(38)21-37(24-17-15-23(34)16-18-24)42(40,41)25-11-6-3-7-12-25/h2-18,29H,19-21H2,1H3,(H,35,39)/t29-/m0/s1. The lowest BCUT2D eigenvalue weighted by Crippen LogP contribution is -2.53. The van der Waals surface area contributed by atoms with Gasteiger partial charge in [0.25, 0.3) is 10.0 Å². The van der Waals surface area contributed by atoms with E-state index < -0.39 is 34.4 Å². The SMILES string of the molecule is CNC(=O)[C@H](Cc1ccccc1)N(Cc1c(Cl)cccc1Cl)C(=O)CN(c1ccc(I)cc1)S(=O)(=O)c1ccccc1. The van der Waals surface area contributed by atoms with Crippen LogP contribution in [0.2, 0.25) is 10.0 Å². The van der Waals surface area contributed by atoms with Gasteiger partial charge in [-0.1, -0.05) is 77.8 Å². The molecule has 0 aromatic heterocycles. The average molecular weight is 736 g/mol. The van der Waals surface area contributed by atoms with E-state index in [2.05, 4.69) is 27.9 Å². The maximum atomic E-state index is 14.3. The third-order valence-corrected chi connectivity index (χ3v) is 9.85. The number of sulfonamides is 1. The van der Waals surface area contributed by atoms with E-state index >= 15 is 0 Å². The smallest absolute Gasteiger partial charge is 0.264 e. The first kappa shape index (κ1) is 31.8. The van der Waals surface area contributed by atoms with E-state index in [0.717, 1.165) is 13.4 Å². The minimum atomic E-state index is -4.16. The van der Waals surface area contributed by atoms with Crippen LogP contribution in [0.5, 0.6) is 0 Å². The quantitative estimate of drug-likeness (QED) is 0.187. The molecule has 0 spiro atoms. The van der Waals surface area contributed by atoms with Crippen molar-refractivity contribution < 1.29 is 18.0 Å². The molecule has 42 heavy (non-hydrogen) atoms. The lowest BCUT2D eigenvalue weighted by Gasteiger charge is -2.34. The molecule has 11 heteroatoms. The molecule has 218 valence electrons. The van der Waals surface area contributed by atoms with Crippen LogP contribution in [0.15, 0.2) is 108 Å². The average Bonchev–Trinajstić information content (AvgIpc) is 3.00. The maximum Gasteiger partial charge on any atom is 0.264 e. The van der Waals surface area contributed by atoms with Gasteiger partial charge in [-0.15, -0.1) is 0 Å². The molecule has 0 aliphatic carbocycles. The zero-order chi connectivity index (χ0) is 30.3. The lowest BCUT2D eigenvalue weighted by molar-refractivity contribution is -0.139. The molecule has 0 unspecified atom stereocenters. The number of benzene rings is 4. The number of hydrogen-bond acceptors (Lipinski definition) is 4. The summed E-state index contributed by atoms with van der Waals surface area (Å²) >= 11 is 15.1. The number of halogens is 3. The van der Waals surface area contributed by atoms with Crippen molar-refractivity contribution in [2.45, 2.75) is 23.9 Å². The van der Waals surface area contributed by atoms with Gasteiger partial charge in [0.1, 0.15) is 12.6 Å². The van der Waals surface area contributed by atoms with Crippen LogP contribution in [0, 0.1) is 3.57 Å². The molecule has 1 atom stereocenters. The number of carbonyl (C=O) groups excluding carboxylic acids is 2. The van der Waals surface area contributed by atoms with E-state index in [9.17, 15) is 18.0 Å². The third kappa shape index (κ3) is 7.63. The summed E-state index contributed by atoms with van der Waals surface area (Å²) in [4.78, 5) is 29.0. The van der Waals surface area contributed by atoms with Crippen LogP contribution in [0.3, 0.4) is 0 Å². The summed E-state index contributed by atoms with van der Waals surface area (Å²) in [5.74, 6) is -1.02. The van der Waals surface area contributed by atoms with Crippen molar-refractivity contribution in [1.82, 2.24) is 10.2 Å². The molecule has 7 nitrogen and oxygen atoms in total. The van der Waals surface area contributed by atoms with Gasteiger partial charge in [-0.3, -0.25) is 13.9 Å². The van der Waals surface area contributed by atoms with Gasteiger partial charge in [0, 0.05) is 39.2 Å². The number of likely N-dealkylation sites (N-methyl/N-ethyl adjacent to an activating group) is 1. The molecule has 0 aliphatic heterocycles. The van der Waals surface area contributed by atoms with Gasteiger partial charge in [0.05, 0.1) is 10.6 Å². The Bertz CT molecular complexity index is 1620. The van der Waals surface area contributed by atoms with Crippen molar-refractivity contribution >= 4 is 73.3 Å². The van der Waals surface area contributed by atoms with Gasteiger partial charge in [0.15, 0.2) is 0 Å². The second-order valence-corrected chi connectivity index (χ2v) is 13.3. The Balaban J connectivity index is 1.81. The molecule has 0 radical (unpaired) electrons. The zero-order valence-electron chi connectivity index (χ0n) is 22.6. The van der Waals surface area contributed by atoms with E-state index in [4.69, 9.17) is 23.2 Å². The predicted octanol–water partition coefficient (Wildman–Crippen LogP) is 6.18. The Morgan fingerprint density at radius 1 is 0.833 bits per heavy atom. The molecule has 4 rings (SSSR count). The second-order valence-electron chi connectivity index (χ2n) is 9.34. The van der Waals surface area contributed by atoms with Crippen LogP contribution in [0.4, 0.5) is 5.69 Å². The Kier molecular flexibility index (Phi) is 10.9. The van der Waals surface area contributed by atoms with Crippen LogP contribution in [0.25, 0.3) is 0 Å². The Morgan fingerprint density at radius 3 is 1.98 bits per heavy atom. The van der Waals surface area contributed by atoms with Gasteiger partial charge < -0.3 is 10.2 Å². The zero-order valence-corrected chi connectivity index (χ0v) is 27.1. The first-order valence-corrected chi connectivity index (χ1v) is 16.2. The molecule has 0 fully saturated rings. The number of nitrogens with zero attached hydrogens (tertiary/aromatic N) is 2. The van der Waals surface area contributed by atoms with Gasteiger partial charge >= 0.3 is 0 Å². The number of rotatable bonds is 11.